The van der Waals surface area contributed by atoms with E-state index in [1.54, 1.807) is 0 Å². The highest BCUT2D eigenvalue weighted by Gasteiger charge is 2.25. The molecule has 25 heavy (non-hydrogen) atoms. The second-order valence-electron chi connectivity index (χ2n) is 5.98. The zero-order valence-electron chi connectivity index (χ0n) is 14.3. The predicted octanol–water partition coefficient (Wildman–Crippen LogP) is 3.27. The molecule has 0 bridgehead atoms. The zero-order valence-corrected chi connectivity index (χ0v) is 16.8. The molecule has 5 nitrogen and oxygen atoms in total. The normalized spacial score (nSPS) is 13.0. The number of fused-ring (bicyclic) bond motifs is 1. The molecule has 1 aliphatic carbocycles. The first-order valence-electron chi connectivity index (χ1n) is 8.56. The number of benzene rings is 1. The van der Waals surface area contributed by atoms with E-state index in [4.69, 9.17) is 0 Å². The average molecular weight is 428 g/mol. The first-order chi connectivity index (χ1) is 11.7. The highest BCUT2D eigenvalue weighted by Crippen LogP contribution is 2.27. The van der Waals surface area contributed by atoms with Crippen LogP contribution in [0.4, 0.5) is 0 Å². The van der Waals surface area contributed by atoms with Crippen LogP contribution >= 0.6 is 28.3 Å². The molecule has 136 valence electrons. The number of nitrogens with one attached hydrogen (secondary N) is 2. The van der Waals surface area contributed by atoms with Gasteiger partial charge in [-0.1, -0.05) is 28.9 Å². The third kappa shape index (κ3) is 4.63. The first kappa shape index (κ1) is 19.9. The Morgan fingerprint density at radius 1 is 1.28 bits per heavy atom. The number of hydrogen-bond donors (Lipinski definition) is 2. The van der Waals surface area contributed by atoms with Crippen molar-refractivity contribution in [1.29, 1.82) is 0 Å². The number of hydrogen-bond acceptors (Lipinski definition) is 3. The number of aromatic nitrogens is 2. The minimum Gasteiger partial charge on any atom is -0.349 e. The average Bonchev–Trinajstić information content (AvgIpc) is 2.98. The minimum absolute atomic E-state index is 0. The topological polar surface area (TPSA) is 58.9 Å². The summed E-state index contributed by atoms with van der Waals surface area (Å²) >= 11 is 3.51. The molecule has 1 aliphatic rings. The van der Waals surface area contributed by atoms with E-state index >= 15 is 0 Å². The van der Waals surface area contributed by atoms with Crippen molar-refractivity contribution in [2.75, 3.05) is 19.6 Å². The lowest BCUT2D eigenvalue weighted by Gasteiger charge is -2.14. The van der Waals surface area contributed by atoms with Gasteiger partial charge in [0.15, 0.2) is 5.69 Å². The van der Waals surface area contributed by atoms with Gasteiger partial charge >= 0.3 is 0 Å². The smallest absolute Gasteiger partial charge is 0.272 e. The molecule has 0 saturated heterocycles. The molecule has 0 aliphatic heterocycles. The summed E-state index contributed by atoms with van der Waals surface area (Å²) < 4.78 is 2.95. The molecule has 3 rings (SSSR count). The molecule has 7 heteroatoms. The second-order valence-corrected chi connectivity index (χ2v) is 6.90. The summed E-state index contributed by atoms with van der Waals surface area (Å²) in [6.45, 7) is 4.35. The maximum Gasteiger partial charge on any atom is 0.272 e. The van der Waals surface area contributed by atoms with Gasteiger partial charge < -0.3 is 10.6 Å². The number of rotatable bonds is 6. The van der Waals surface area contributed by atoms with Crippen LogP contribution < -0.4 is 10.6 Å². The van der Waals surface area contributed by atoms with E-state index in [1.807, 2.05) is 28.9 Å². The highest BCUT2D eigenvalue weighted by molar-refractivity contribution is 9.10. The van der Waals surface area contributed by atoms with Crippen molar-refractivity contribution in [2.24, 2.45) is 0 Å². The van der Waals surface area contributed by atoms with Gasteiger partial charge in [0.2, 0.25) is 0 Å². The molecule has 1 aromatic carbocycles. The second kappa shape index (κ2) is 9.36. The van der Waals surface area contributed by atoms with Gasteiger partial charge in [-0.2, -0.15) is 5.10 Å². The molecule has 1 heterocycles. The van der Waals surface area contributed by atoms with Crippen molar-refractivity contribution in [1.82, 2.24) is 20.4 Å². The summed E-state index contributed by atoms with van der Waals surface area (Å²) in [5, 5.41) is 10.8. The molecule has 0 spiro atoms. The van der Waals surface area contributed by atoms with Crippen molar-refractivity contribution < 1.29 is 4.79 Å². The Kier molecular flexibility index (Phi) is 7.47. The lowest BCUT2D eigenvalue weighted by Crippen LogP contribution is -2.32. The number of halogens is 2. The zero-order chi connectivity index (χ0) is 16.9. The van der Waals surface area contributed by atoms with Gasteiger partial charge in [0, 0.05) is 28.8 Å². The molecule has 0 radical (unpaired) electrons. The summed E-state index contributed by atoms with van der Waals surface area (Å²) in [4.78, 5) is 12.6. The van der Waals surface area contributed by atoms with Gasteiger partial charge in [0.25, 0.3) is 5.91 Å². The van der Waals surface area contributed by atoms with Crippen molar-refractivity contribution in [2.45, 2.75) is 32.6 Å². The molecular formula is C18H24BrClN4O. The number of amides is 1. The van der Waals surface area contributed by atoms with E-state index in [2.05, 4.69) is 38.6 Å². The molecule has 0 atom stereocenters. The Labute approximate surface area is 163 Å². The van der Waals surface area contributed by atoms with Crippen LogP contribution in [-0.4, -0.2) is 35.3 Å². The Bertz CT molecular complexity index is 732. The fourth-order valence-electron chi connectivity index (χ4n) is 3.13. The Balaban J connectivity index is 0.00000225. The highest BCUT2D eigenvalue weighted by atomic mass is 79.9. The molecule has 0 unspecified atom stereocenters. The van der Waals surface area contributed by atoms with Crippen LogP contribution in [0.15, 0.2) is 28.7 Å². The number of carbonyl (C=O) groups excluding carboxylic acids is 1. The summed E-state index contributed by atoms with van der Waals surface area (Å²) in [7, 11) is 0. The summed E-state index contributed by atoms with van der Waals surface area (Å²) in [6, 6.07) is 8.05. The summed E-state index contributed by atoms with van der Waals surface area (Å²) in [6.07, 6.45) is 4.17. The molecule has 0 saturated carbocycles. The lowest BCUT2D eigenvalue weighted by molar-refractivity contribution is 0.0947. The Hall–Kier alpha value is -1.37. The molecule has 2 N–H and O–H groups in total. The maximum absolute atomic E-state index is 12.6. The van der Waals surface area contributed by atoms with E-state index in [0.29, 0.717) is 12.2 Å². The molecule has 1 aromatic heterocycles. The SMILES string of the molecule is CCNCCNC(=O)c1nn(-c2cccc(Br)c2)c2c1CCCC2.Cl. The fourth-order valence-corrected chi connectivity index (χ4v) is 3.51. The van der Waals surface area contributed by atoms with Crippen LogP contribution in [0.3, 0.4) is 0 Å². The summed E-state index contributed by atoms with van der Waals surface area (Å²) in [5.74, 6) is -0.0696. The Morgan fingerprint density at radius 2 is 2.08 bits per heavy atom. The van der Waals surface area contributed by atoms with Gasteiger partial charge in [-0.05, 0) is 50.4 Å². The monoisotopic (exact) mass is 426 g/mol. The van der Waals surface area contributed by atoms with Gasteiger partial charge in [0.05, 0.1) is 5.69 Å². The minimum atomic E-state index is -0.0696. The van der Waals surface area contributed by atoms with E-state index in [0.717, 1.165) is 54.5 Å². The van der Waals surface area contributed by atoms with Gasteiger partial charge in [0.1, 0.15) is 0 Å². The van der Waals surface area contributed by atoms with Gasteiger partial charge in [-0.25, -0.2) is 4.68 Å². The fraction of sp³-hybridized carbons (Fsp3) is 0.444. The van der Waals surface area contributed by atoms with Crippen LogP contribution in [0.2, 0.25) is 0 Å². The standard InChI is InChI=1S/C18H23BrN4O.ClH/c1-2-20-10-11-21-18(24)17-15-8-3-4-9-16(15)23(22-17)14-7-5-6-13(19)12-14;/h5-7,12,20H,2-4,8-11H2,1H3,(H,21,24);1H. The van der Waals surface area contributed by atoms with E-state index in [9.17, 15) is 4.79 Å². The third-order valence-corrected chi connectivity index (χ3v) is 4.78. The number of nitrogens with zero attached hydrogens (tertiary/aromatic N) is 2. The van der Waals surface area contributed by atoms with Crippen LogP contribution in [0.25, 0.3) is 5.69 Å². The number of carbonyl (C=O) groups is 1. The van der Waals surface area contributed by atoms with E-state index in [-0.39, 0.29) is 18.3 Å². The quantitative estimate of drug-likeness (QED) is 0.696. The largest absolute Gasteiger partial charge is 0.349 e. The van der Waals surface area contributed by atoms with Gasteiger partial charge in [-0.3, -0.25) is 4.79 Å². The van der Waals surface area contributed by atoms with Crippen molar-refractivity contribution in [3.05, 3.63) is 45.7 Å². The van der Waals surface area contributed by atoms with Crippen molar-refractivity contribution in [3.8, 4) is 5.69 Å². The van der Waals surface area contributed by atoms with Crippen LogP contribution in [0.1, 0.15) is 41.5 Å². The summed E-state index contributed by atoms with van der Waals surface area (Å²) in [5.41, 5.74) is 3.87. The van der Waals surface area contributed by atoms with Crippen molar-refractivity contribution in [3.63, 3.8) is 0 Å². The van der Waals surface area contributed by atoms with Crippen molar-refractivity contribution >= 4 is 34.2 Å². The predicted molar refractivity (Wildman–Crippen MR) is 106 cm³/mol. The van der Waals surface area contributed by atoms with E-state index < -0.39 is 0 Å². The molecule has 2 aromatic rings. The molecule has 1 amide bonds. The van der Waals surface area contributed by atoms with Crippen LogP contribution in [0, 0.1) is 0 Å². The number of likely N-dealkylation sites (N-methyl/N-ethyl adjacent to an activating group) is 1. The molecular weight excluding hydrogens is 404 g/mol. The lowest BCUT2D eigenvalue weighted by atomic mass is 9.95. The van der Waals surface area contributed by atoms with Crippen LogP contribution in [-0.2, 0) is 12.8 Å². The van der Waals surface area contributed by atoms with Crippen LogP contribution in [0.5, 0.6) is 0 Å². The maximum atomic E-state index is 12.6. The first-order valence-corrected chi connectivity index (χ1v) is 9.35. The third-order valence-electron chi connectivity index (χ3n) is 4.29. The van der Waals surface area contributed by atoms with E-state index in [1.165, 1.54) is 5.69 Å². The molecule has 0 fully saturated rings. The Morgan fingerprint density at radius 3 is 2.84 bits per heavy atom. The van der Waals surface area contributed by atoms with Gasteiger partial charge in [-0.15, -0.1) is 12.4 Å².